The van der Waals surface area contributed by atoms with Crippen LogP contribution in [0.2, 0.25) is 0 Å². The first-order valence-electron chi connectivity index (χ1n) is 4.42. The summed E-state index contributed by atoms with van der Waals surface area (Å²) < 4.78 is 11.1. The number of benzene rings is 1. The molecular weight excluding hydrogens is 198 g/mol. The Labute approximate surface area is 87.8 Å². The molecule has 0 aliphatic carbocycles. The summed E-state index contributed by atoms with van der Waals surface area (Å²) in [7, 11) is 0. The van der Waals surface area contributed by atoms with E-state index >= 15 is 0 Å². The summed E-state index contributed by atoms with van der Waals surface area (Å²) in [6.45, 7) is 0.508. The second-order valence-electron chi connectivity index (χ2n) is 3.17. The van der Waals surface area contributed by atoms with Crippen LogP contribution in [0.25, 0.3) is 0 Å². The minimum absolute atomic E-state index is 0.0533. The fourth-order valence-electron chi connectivity index (χ4n) is 1.39. The molecule has 4 heteroatoms. The van der Waals surface area contributed by atoms with Crippen LogP contribution in [0, 0.1) is 0 Å². The number of hydrogen-bond acceptors (Lipinski definition) is 3. The molecule has 3 nitrogen and oxygen atoms in total. The molecule has 0 saturated heterocycles. The van der Waals surface area contributed by atoms with Crippen LogP contribution in [0.15, 0.2) is 24.3 Å². The minimum atomic E-state index is -0.0533. The molecule has 2 rings (SSSR count). The van der Waals surface area contributed by atoms with Crippen molar-refractivity contribution in [2.45, 2.75) is 12.5 Å². The molecular formula is C10H11NO2S. The number of nitrogens with two attached hydrogens (primary N) is 1. The van der Waals surface area contributed by atoms with Crippen LogP contribution < -0.4 is 15.2 Å². The van der Waals surface area contributed by atoms with Gasteiger partial charge in [-0.15, -0.1) is 0 Å². The zero-order valence-electron chi connectivity index (χ0n) is 7.60. The third kappa shape index (κ3) is 1.96. The largest absolute Gasteiger partial charge is 0.486 e. The SMILES string of the molecule is NC(=S)CC1COc2ccccc2O1. The molecule has 1 aromatic rings. The predicted octanol–water partition coefficient (Wildman–Crippen LogP) is 1.50. The first kappa shape index (κ1) is 9.27. The average Bonchev–Trinajstić information content (AvgIpc) is 2.17. The van der Waals surface area contributed by atoms with Gasteiger partial charge in [0.25, 0.3) is 0 Å². The van der Waals surface area contributed by atoms with Crippen LogP contribution in [-0.4, -0.2) is 17.7 Å². The smallest absolute Gasteiger partial charge is 0.161 e. The topological polar surface area (TPSA) is 44.5 Å². The van der Waals surface area contributed by atoms with Crippen molar-refractivity contribution in [1.82, 2.24) is 0 Å². The van der Waals surface area contributed by atoms with E-state index in [1.807, 2.05) is 24.3 Å². The Morgan fingerprint density at radius 2 is 2.14 bits per heavy atom. The molecule has 0 amide bonds. The van der Waals surface area contributed by atoms with Crippen molar-refractivity contribution in [3.8, 4) is 11.5 Å². The van der Waals surface area contributed by atoms with Crippen molar-refractivity contribution in [2.24, 2.45) is 5.73 Å². The summed E-state index contributed by atoms with van der Waals surface area (Å²) in [5.74, 6) is 1.55. The lowest BCUT2D eigenvalue weighted by molar-refractivity contribution is 0.0963. The highest BCUT2D eigenvalue weighted by atomic mass is 32.1. The van der Waals surface area contributed by atoms with Crippen molar-refractivity contribution in [1.29, 1.82) is 0 Å². The number of hydrogen-bond donors (Lipinski definition) is 1. The average molecular weight is 209 g/mol. The molecule has 0 fully saturated rings. The van der Waals surface area contributed by atoms with Crippen molar-refractivity contribution in [2.75, 3.05) is 6.61 Å². The maximum atomic E-state index is 5.65. The summed E-state index contributed by atoms with van der Waals surface area (Å²) in [6.07, 6.45) is 0.506. The molecule has 1 aliphatic rings. The molecule has 1 aliphatic heterocycles. The lowest BCUT2D eigenvalue weighted by Crippen LogP contribution is -2.32. The molecule has 1 aromatic carbocycles. The summed E-state index contributed by atoms with van der Waals surface area (Å²) >= 11 is 4.82. The second kappa shape index (κ2) is 3.84. The van der Waals surface area contributed by atoms with E-state index in [2.05, 4.69) is 0 Å². The molecule has 0 radical (unpaired) electrons. The van der Waals surface area contributed by atoms with Gasteiger partial charge in [0.1, 0.15) is 12.7 Å². The Kier molecular flexibility index (Phi) is 2.54. The molecule has 74 valence electrons. The first-order chi connectivity index (χ1) is 6.75. The summed E-state index contributed by atoms with van der Waals surface area (Å²) in [5, 5.41) is 0. The Morgan fingerprint density at radius 1 is 1.43 bits per heavy atom. The highest BCUT2D eigenvalue weighted by Gasteiger charge is 2.20. The lowest BCUT2D eigenvalue weighted by Gasteiger charge is -2.25. The van der Waals surface area contributed by atoms with Gasteiger partial charge in [-0.05, 0) is 12.1 Å². The van der Waals surface area contributed by atoms with Crippen molar-refractivity contribution < 1.29 is 9.47 Å². The van der Waals surface area contributed by atoms with Crippen LogP contribution >= 0.6 is 12.2 Å². The third-order valence-electron chi connectivity index (χ3n) is 2.00. The van der Waals surface area contributed by atoms with Gasteiger partial charge < -0.3 is 15.2 Å². The van der Waals surface area contributed by atoms with Gasteiger partial charge in [0.05, 0.1) is 4.99 Å². The lowest BCUT2D eigenvalue weighted by atomic mass is 10.2. The van der Waals surface area contributed by atoms with Gasteiger partial charge in [0, 0.05) is 6.42 Å². The predicted molar refractivity (Wildman–Crippen MR) is 57.8 cm³/mol. The van der Waals surface area contributed by atoms with E-state index in [9.17, 15) is 0 Å². The Hall–Kier alpha value is -1.29. The fourth-order valence-corrected chi connectivity index (χ4v) is 1.57. The van der Waals surface area contributed by atoms with Gasteiger partial charge in [0.2, 0.25) is 0 Å². The first-order valence-corrected chi connectivity index (χ1v) is 4.83. The van der Waals surface area contributed by atoms with Gasteiger partial charge >= 0.3 is 0 Å². The normalized spacial score (nSPS) is 19.0. The maximum absolute atomic E-state index is 5.65. The minimum Gasteiger partial charge on any atom is -0.486 e. The van der Waals surface area contributed by atoms with Crippen LogP contribution in [0.3, 0.4) is 0 Å². The third-order valence-corrected chi connectivity index (χ3v) is 2.16. The van der Waals surface area contributed by atoms with E-state index in [1.54, 1.807) is 0 Å². The van der Waals surface area contributed by atoms with Crippen molar-refractivity contribution in [3.05, 3.63) is 24.3 Å². The van der Waals surface area contributed by atoms with Gasteiger partial charge in [0.15, 0.2) is 11.5 Å². The molecule has 0 spiro atoms. The summed E-state index contributed by atoms with van der Waals surface area (Å²) in [6, 6.07) is 7.58. The van der Waals surface area contributed by atoms with E-state index in [0.717, 1.165) is 11.5 Å². The van der Waals surface area contributed by atoms with Crippen molar-refractivity contribution in [3.63, 3.8) is 0 Å². The molecule has 1 heterocycles. The molecule has 0 saturated carbocycles. The van der Waals surface area contributed by atoms with Gasteiger partial charge in [-0.2, -0.15) is 0 Å². The van der Waals surface area contributed by atoms with Crippen LogP contribution in [0.5, 0.6) is 11.5 Å². The summed E-state index contributed by atoms with van der Waals surface area (Å²) in [4.78, 5) is 0.456. The van der Waals surface area contributed by atoms with E-state index in [1.165, 1.54) is 0 Å². The molecule has 14 heavy (non-hydrogen) atoms. The molecule has 1 unspecified atom stereocenters. The van der Waals surface area contributed by atoms with E-state index in [-0.39, 0.29) is 6.10 Å². The molecule has 2 N–H and O–H groups in total. The zero-order valence-corrected chi connectivity index (χ0v) is 8.42. The monoisotopic (exact) mass is 209 g/mol. The number of para-hydroxylation sites is 2. The number of rotatable bonds is 2. The second-order valence-corrected chi connectivity index (χ2v) is 3.69. The van der Waals surface area contributed by atoms with Crippen LogP contribution in [-0.2, 0) is 0 Å². The molecule has 0 aromatic heterocycles. The van der Waals surface area contributed by atoms with Gasteiger partial charge in [-0.3, -0.25) is 0 Å². The maximum Gasteiger partial charge on any atom is 0.161 e. The zero-order chi connectivity index (χ0) is 9.97. The van der Waals surface area contributed by atoms with Crippen LogP contribution in [0.1, 0.15) is 6.42 Å². The van der Waals surface area contributed by atoms with Gasteiger partial charge in [-0.25, -0.2) is 0 Å². The fraction of sp³-hybridized carbons (Fsp3) is 0.300. The van der Waals surface area contributed by atoms with Crippen LogP contribution in [0.4, 0.5) is 0 Å². The number of ether oxygens (including phenoxy) is 2. The summed E-state index contributed by atoms with van der Waals surface area (Å²) in [5.41, 5.74) is 5.44. The van der Waals surface area contributed by atoms with Gasteiger partial charge in [-0.1, -0.05) is 24.4 Å². The number of thiocarbonyl (C=S) groups is 1. The Balaban J connectivity index is 2.09. The van der Waals surface area contributed by atoms with E-state index in [4.69, 9.17) is 27.4 Å². The highest BCUT2D eigenvalue weighted by molar-refractivity contribution is 7.80. The molecule has 1 atom stereocenters. The van der Waals surface area contributed by atoms with E-state index < -0.39 is 0 Å². The van der Waals surface area contributed by atoms with E-state index in [0.29, 0.717) is 18.0 Å². The highest BCUT2D eigenvalue weighted by Crippen LogP contribution is 2.31. The number of fused-ring (bicyclic) bond motifs is 1. The Morgan fingerprint density at radius 3 is 2.86 bits per heavy atom. The quantitative estimate of drug-likeness (QED) is 0.750. The standard InChI is InChI=1S/C10H11NO2S/c11-10(14)5-7-6-12-8-3-1-2-4-9(8)13-7/h1-4,7H,5-6H2,(H2,11,14). The Bertz CT molecular complexity index is 354. The van der Waals surface area contributed by atoms with Crippen molar-refractivity contribution >= 4 is 17.2 Å². The molecule has 0 bridgehead atoms.